The second-order valence-electron chi connectivity index (χ2n) is 6.30. The smallest absolute Gasteiger partial charge is 0.261 e. The molecular formula is C16H18ClNO4S. The molecule has 124 valence electrons. The quantitative estimate of drug-likeness (QED) is 0.617. The van der Waals surface area contributed by atoms with Gasteiger partial charge in [0.1, 0.15) is 0 Å². The third-order valence-corrected chi connectivity index (χ3v) is 6.25. The van der Waals surface area contributed by atoms with Gasteiger partial charge in [-0.2, -0.15) is 0 Å². The molecule has 23 heavy (non-hydrogen) atoms. The van der Waals surface area contributed by atoms with Gasteiger partial charge in [0.25, 0.3) is 9.05 Å². The lowest BCUT2D eigenvalue weighted by Gasteiger charge is -2.19. The molecule has 1 aromatic rings. The van der Waals surface area contributed by atoms with Crippen LogP contribution in [0.3, 0.4) is 0 Å². The summed E-state index contributed by atoms with van der Waals surface area (Å²) in [6.07, 6.45) is 3.49. The van der Waals surface area contributed by atoms with Crippen molar-refractivity contribution < 1.29 is 18.0 Å². The molecule has 0 bridgehead atoms. The minimum absolute atomic E-state index is 0.0215. The Labute approximate surface area is 140 Å². The van der Waals surface area contributed by atoms with E-state index < -0.39 is 9.05 Å². The van der Waals surface area contributed by atoms with Crippen LogP contribution in [0.25, 0.3) is 0 Å². The first kappa shape index (κ1) is 16.5. The van der Waals surface area contributed by atoms with E-state index in [2.05, 4.69) is 0 Å². The Morgan fingerprint density at radius 3 is 2.22 bits per heavy atom. The molecule has 0 unspecified atom stereocenters. The summed E-state index contributed by atoms with van der Waals surface area (Å²) in [5.74, 6) is -0.651. The van der Waals surface area contributed by atoms with Crippen LogP contribution in [0.5, 0.6) is 0 Å². The molecule has 2 fully saturated rings. The van der Waals surface area contributed by atoms with E-state index in [4.69, 9.17) is 10.7 Å². The minimum Gasteiger partial charge on any atom is -0.278 e. The number of hydrogen-bond acceptors (Lipinski definition) is 4. The number of rotatable bonds is 3. The van der Waals surface area contributed by atoms with E-state index in [1.807, 2.05) is 0 Å². The Morgan fingerprint density at radius 1 is 1.13 bits per heavy atom. The molecule has 2 aliphatic rings. The highest BCUT2D eigenvalue weighted by Crippen LogP contribution is 2.38. The Kier molecular flexibility index (Phi) is 4.23. The molecule has 1 aliphatic heterocycles. The van der Waals surface area contributed by atoms with E-state index in [9.17, 15) is 18.0 Å². The molecule has 1 aromatic carbocycles. The third kappa shape index (κ3) is 3.02. The number of halogens is 1. The topological polar surface area (TPSA) is 71.5 Å². The first-order valence-corrected chi connectivity index (χ1v) is 9.99. The average Bonchev–Trinajstić information content (AvgIpc) is 2.73. The molecule has 0 radical (unpaired) electrons. The highest BCUT2D eigenvalue weighted by Gasteiger charge is 2.47. The van der Waals surface area contributed by atoms with Gasteiger partial charge in [0.05, 0.1) is 23.3 Å². The van der Waals surface area contributed by atoms with Crippen LogP contribution < -0.4 is 0 Å². The van der Waals surface area contributed by atoms with Crippen LogP contribution in [0, 0.1) is 18.8 Å². The summed E-state index contributed by atoms with van der Waals surface area (Å²) in [4.78, 5) is 26.2. The summed E-state index contributed by atoms with van der Waals surface area (Å²) in [7, 11) is 1.58. The van der Waals surface area contributed by atoms with Gasteiger partial charge in [-0.05, 0) is 37.0 Å². The van der Waals surface area contributed by atoms with E-state index in [0.717, 1.165) is 25.7 Å². The normalized spacial score (nSPS) is 24.9. The summed E-state index contributed by atoms with van der Waals surface area (Å²) >= 11 is 0. The predicted octanol–water partition coefficient (Wildman–Crippen LogP) is 2.60. The van der Waals surface area contributed by atoms with Gasteiger partial charge in [-0.25, -0.2) is 8.42 Å². The van der Waals surface area contributed by atoms with Crippen LogP contribution in [0.1, 0.15) is 36.8 Å². The second kappa shape index (κ2) is 5.91. The molecule has 0 spiro atoms. The summed E-state index contributed by atoms with van der Waals surface area (Å²) in [6, 6.07) is 4.81. The average molecular weight is 356 g/mol. The van der Waals surface area contributed by atoms with Crippen molar-refractivity contribution >= 4 is 31.5 Å². The SMILES string of the molecule is Cc1ccc(CN2C(=O)[C@H]3CCCC[C@H]3C2=O)cc1S(=O)(=O)Cl. The van der Waals surface area contributed by atoms with E-state index in [1.54, 1.807) is 19.1 Å². The molecule has 1 aliphatic carbocycles. The first-order valence-electron chi connectivity index (χ1n) is 7.68. The first-order chi connectivity index (χ1) is 10.8. The number of nitrogens with zero attached hydrogens (tertiary/aromatic N) is 1. The van der Waals surface area contributed by atoms with E-state index in [-0.39, 0.29) is 35.1 Å². The minimum atomic E-state index is -3.85. The number of carbonyl (C=O) groups excluding carboxylic acids is 2. The Hall–Kier alpha value is -1.40. The summed E-state index contributed by atoms with van der Waals surface area (Å²) in [5.41, 5.74) is 1.13. The van der Waals surface area contributed by atoms with Gasteiger partial charge in [0, 0.05) is 10.7 Å². The lowest BCUT2D eigenvalue weighted by molar-refractivity contribution is -0.140. The highest BCUT2D eigenvalue weighted by atomic mass is 35.7. The zero-order valence-electron chi connectivity index (χ0n) is 12.8. The Bertz CT molecular complexity index is 750. The molecule has 5 nitrogen and oxygen atoms in total. The molecule has 1 saturated carbocycles. The number of likely N-dealkylation sites (tertiary alicyclic amines) is 1. The standard InChI is InChI=1S/C16H18ClNO4S/c1-10-6-7-11(8-14(10)23(17,21)22)9-18-15(19)12-4-2-3-5-13(12)16(18)20/h6-8,12-13H,2-5,9H2,1H3/t12-,13+. The number of carbonyl (C=O) groups is 2. The van der Waals surface area contributed by atoms with E-state index in [0.29, 0.717) is 11.1 Å². The maximum atomic E-state index is 12.5. The fourth-order valence-corrected chi connectivity index (χ4v) is 4.82. The summed E-state index contributed by atoms with van der Waals surface area (Å²) < 4.78 is 23.2. The van der Waals surface area contributed by atoms with Crippen molar-refractivity contribution in [1.82, 2.24) is 4.90 Å². The zero-order valence-corrected chi connectivity index (χ0v) is 14.4. The lowest BCUT2D eigenvalue weighted by atomic mass is 9.81. The van der Waals surface area contributed by atoms with Crippen molar-refractivity contribution in [2.45, 2.75) is 44.0 Å². The number of imide groups is 1. The van der Waals surface area contributed by atoms with Crippen molar-refractivity contribution in [1.29, 1.82) is 0 Å². The molecule has 3 rings (SSSR count). The predicted molar refractivity (Wildman–Crippen MR) is 85.2 cm³/mol. The van der Waals surface area contributed by atoms with Crippen molar-refractivity contribution in [3.63, 3.8) is 0 Å². The fourth-order valence-electron chi connectivity index (χ4n) is 3.57. The molecule has 0 aromatic heterocycles. The summed E-state index contributed by atoms with van der Waals surface area (Å²) in [5, 5.41) is 0. The van der Waals surface area contributed by atoms with Gasteiger partial charge in [-0.1, -0.05) is 25.0 Å². The molecule has 0 N–H and O–H groups in total. The highest BCUT2D eigenvalue weighted by molar-refractivity contribution is 8.13. The number of hydrogen-bond donors (Lipinski definition) is 0. The van der Waals surface area contributed by atoms with Crippen LogP contribution in [-0.4, -0.2) is 25.1 Å². The molecule has 1 saturated heterocycles. The zero-order chi connectivity index (χ0) is 16.8. The van der Waals surface area contributed by atoms with Crippen molar-refractivity contribution in [3.8, 4) is 0 Å². The summed E-state index contributed by atoms with van der Waals surface area (Å²) in [6.45, 7) is 1.75. The van der Waals surface area contributed by atoms with Crippen molar-refractivity contribution in [2.24, 2.45) is 11.8 Å². The van der Waals surface area contributed by atoms with Crippen molar-refractivity contribution in [2.75, 3.05) is 0 Å². The molecule has 2 amide bonds. The number of aryl methyl sites for hydroxylation is 1. The maximum absolute atomic E-state index is 12.5. The third-order valence-electron chi connectivity index (χ3n) is 4.79. The van der Waals surface area contributed by atoms with Gasteiger partial charge in [0.2, 0.25) is 11.8 Å². The fraction of sp³-hybridized carbons (Fsp3) is 0.500. The second-order valence-corrected chi connectivity index (χ2v) is 8.83. The van der Waals surface area contributed by atoms with Crippen LogP contribution >= 0.6 is 10.7 Å². The van der Waals surface area contributed by atoms with Gasteiger partial charge < -0.3 is 0 Å². The van der Waals surface area contributed by atoms with E-state index >= 15 is 0 Å². The van der Waals surface area contributed by atoms with Crippen LogP contribution in [0.2, 0.25) is 0 Å². The molecule has 2 atom stereocenters. The number of fused-ring (bicyclic) bond motifs is 1. The monoisotopic (exact) mass is 355 g/mol. The molecule has 1 heterocycles. The van der Waals surface area contributed by atoms with Crippen LogP contribution in [0.4, 0.5) is 0 Å². The van der Waals surface area contributed by atoms with Crippen LogP contribution in [-0.2, 0) is 25.2 Å². The van der Waals surface area contributed by atoms with Gasteiger partial charge >= 0.3 is 0 Å². The van der Waals surface area contributed by atoms with Gasteiger partial charge in [-0.15, -0.1) is 0 Å². The molecule has 7 heteroatoms. The Balaban J connectivity index is 1.88. The van der Waals surface area contributed by atoms with Crippen LogP contribution in [0.15, 0.2) is 23.1 Å². The van der Waals surface area contributed by atoms with Gasteiger partial charge in [-0.3, -0.25) is 14.5 Å². The number of amides is 2. The largest absolute Gasteiger partial charge is 0.278 e. The lowest BCUT2D eigenvalue weighted by Crippen LogP contribution is -2.30. The number of benzene rings is 1. The molecular weight excluding hydrogens is 338 g/mol. The Morgan fingerprint density at radius 2 is 1.70 bits per heavy atom. The van der Waals surface area contributed by atoms with Crippen molar-refractivity contribution in [3.05, 3.63) is 29.3 Å². The maximum Gasteiger partial charge on any atom is 0.261 e. The van der Waals surface area contributed by atoms with E-state index in [1.165, 1.54) is 11.0 Å². The van der Waals surface area contributed by atoms with Gasteiger partial charge in [0.15, 0.2) is 0 Å².